The van der Waals surface area contributed by atoms with Crippen LogP contribution in [0, 0.1) is 5.92 Å². The smallest absolute Gasteiger partial charge is 0.408 e. The number of hydrogen-bond acceptors (Lipinski definition) is 5. The van der Waals surface area contributed by atoms with E-state index in [-0.39, 0.29) is 29.7 Å². The van der Waals surface area contributed by atoms with E-state index < -0.39 is 29.3 Å². The summed E-state index contributed by atoms with van der Waals surface area (Å²) in [5, 5.41) is 8.93. The largest absolute Gasteiger partial charge is 0.444 e. The summed E-state index contributed by atoms with van der Waals surface area (Å²) in [6.45, 7) is 7.68. The molecule has 1 saturated carbocycles. The summed E-state index contributed by atoms with van der Waals surface area (Å²) in [6.07, 6.45) is 9.11. The van der Waals surface area contributed by atoms with Crippen molar-refractivity contribution in [2.75, 3.05) is 6.54 Å². The van der Waals surface area contributed by atoms with Gasteiger partial charge in [0.05, 0.1) is 6.04 Å². The van der Waals surface area contributed by atoms with Crippen molar-refractivity contribution in [2.45, 2.75) is 108 Å². The topological polar surface area (TPSA) is 117 Å². The number of ether oxygens (including phenoxy) is 1. The highest BCUT2D eigenvalue weighted by atomic mass is 16.6. The maximum Gasteiger partial charge on any atom is 0.408 e. The third-order valence-electron chi connectivity index (χ3n) is 7.97. The molecule has 1 aliphatic carbocycles. The van der Waals surface area contributed by atoms with Gasteiger partial charge in [0, 0.05) is 12.5 Å². The Morgan fingerprint density at radius 2 is 1.82 bits per heavy atom. The van der Waals surface area contributed by atoms with E-state index in [1.807, 2.05) is 37.3 Å². The number of nitrogens with zero attached hydrogens (tertiary/aromatic N) is 1. The number of fused-ring (bicyclic) bond motifs is 2. The van der Waals surface area contributed by atoms with E-state index in [9.17, 15) is 19.2 Å². The zero-order chi connectivity index (χ0) is 28.9. The van der Waals surface area contributed by atoms with E-state index in [2.05, 4.69) is 28.1 Å². The van der Waals surface area contributed by atoms with Gasteiger partial charge in [-0.25, -0.2) is 4.79 Å². The Morgan fingerprint density at radius 1 is 1.07 bits per heavy atom. The number of carbonyl (C=O) groups excluding carboxylic acids is 4. The lowest BCUT2D eigenvalue weighted by molar-refractivity contribution is -0.141. The molecule has 1 aromatic carbocycles. The molecule has 2 heterocycles. The van der Waals surface area contributed by atoms with E-state index in [4.69, 9.17) is 4.74 Å². The van der Waals surface area contributed by atoms with Gasteiger partial charge in [-0.05, 0) is 71.8 Å². The molecule has 40 heavy (non-hydrogen) atoms. The van der Waals surface area contributed by atoms with Crippen LogP contribution in [-0.4, -0.2) is 58.5 Å². The second kappa shape index (κ2) is 12.4. The van der Waals surface area contributed by atoms with Crippen molar-refractivity contribution in [3.63, 3.8) is 0 Å². The van der Waals surface area contributed by atoms with Gasteiger partial charge in [0.2, 0.25) is 17.7 Å². The van der Waals surface area contributed by atoms with Crippen LogP contribution in [0.1, 0.15) is 90.7 Å². The standard InChI is InChI=1S/C31H44N4O5/c1-21(22-14-9-8-10-15-22)32-28(38)31-20-23(31)16-11-6-5-7-12-17-24(33-29(39)40-30(2,3)4)27(37)35-19-13-18-25(35)26(36)34-31/h8-11,14-16,21,23-25H,5-7,12-13,17-20H2,1-4H3,(H,32,38)(H,33,39)(H,34,36)/b16-11-/t21-,23-,24+,25?,31-/m1/s1. The summed E-state index contributed by atoms with van der Waals surface area (Å²) in [6, 6.07) is 8.04. The molecule has 1 aromatic rings. The number of amides is 4. The Bertz CT molecular complexity index is 1110. The summed E-state index contributed by atoms with van der Waals surface area (Å²) in [7, 11) is 0. The number of alkyl carbamates (subject to hydrolysis) is 1. The molecule has 0 aromatic heterocycles. The SMILES string of the molecule is C[C@@H](NC(=O)[C@@]12C[C@H]1/C=C\CCCCC[C@H](NC(=O)OC(C)(C)C)C(=O)N1CCCC1C(=O)N2)c1ccccc1. The van der Waals surface area contributed by atoms with Gasteiger partial charge in [-0.3, -0.25) is 14.4 Å². The van der Waals surface area contributed by atoms with Crippen LogP contribution >= 0.6 is 0 Å². The number of allylic oxidation sites excluding steroid dienone is 1. The quantitative estimate of drug-likeness (QED) is 0.486. The van der Waals surface area contributed by atoms with Crippen molar-refractivity contribution >= 4 is 23.8 Å². The first-order valence-corrected chi connectivity index (χ1v) is 14.6. The molecule has 1 unspecified atom stereocenters. The average Bonchev–Trinajstić information content (AvgIpc) is 3.36. The van der Waals surface area contributed by atoms with E-state index >= 15 is 0 Å². The summed E-state index contributed by atoms with van der Waals surface area (Å²) in [5.41, 5.74) is -0.745. The van der Waals surface area contributed by atoms with Gasteiger partial charge in [-0.1, -0.05) is 55.3 Å². The Kier molecular flexibility index (Phi) is 9.21. The first kappa shape index (κ1) is 29.6. The number of benzene rings is 1. The molecular formula is C31H44N4O5. The van der Waals surface area contributed by atoms with Gasteiger partial charge >= 0.3 is 6.09 Å². The minimum atomic E-state index is -1.04. The summed E-state index contributed by atoms with van der Waals surface area (Å²) < 4.78 is 5.42. The molecule has 2 aliphatic heterocycles. The van der Waals surface area contributed by atoms with Crippen LogP contribution < -0.4 is 16.0 Å². The van der Waals surface area contributed by atoms with E-state index in [0.29, 0.717) is 32.2 Å². The predicted molar refractivity (Wildman–Crippen MR) is 152 cm³/mol. The Hall–Kier alpha value is -3.36. The molecule has 1 saturated heterocycles. The summed E-state index contributed by atoms with van der Waals surface area (Å²) >= 11 is 0. The molecule has 2 fully saturated rings. The van der Waals surface area contributed by atoms with Crippen LogP contribution in [0.5, 0.6) is 0 Å². The van der Waals surface area contributed by atoms with Crippen molar-refractivity contribution < 1.29 is 23.9 Å². The lowest BCUT2D eigenvalue weighted by atomic mass is 10.0. The highest BCUT2D eigenvalue weighted by Gasteiger charge is 2.60. The molecule has 5 atom stereocenters. The maximum absolute atomic E-state index is 13.7. The van der Waals surface area contributed by atoms with Crippen molar-refractivity contribution in [2.24, 2.45) is 5.92 Å². The van der Waals surface area contributed by atoms with Gasteiger partial charge in [-0.15, -0.1) is 0 Å². The Morgan fingerprint density at radius 3 is 2.55 bits per heavy atom. The third-order valence-corrected chi connectivity index (χ3v) is 7.97. The van der Waals surface area contributed by atoms with E-state index in [1.54, 1.807) is 25.7 Å². The monoisotopic (exact) mass is 552 g/mol. The zero-order valence-corrected chi connectivity index (χ0v) is 24.2. The van der Waals surface area contributed by atoms with Crippen molar-refractivity contribution in [3.05, 3.63) is 48.0 Å². The molecule has 9 nitrogen and oxygen atoms in total. The fourth-order valence-electron chi connectivity index (χ4n) is 5.69. The van der Waals surface area contributed by atoms with Crippen molar-refractivity contribution in [1.29, 1.82) is 0 Å². The predicted octanol–water partition coefficient (Wildman–Crippen LogP) is 4.14. The molecule has 3 aliphatic rings. The molecule has 0 spiro atoms. The molecule has 218 valence electrons. The first-order valence-electron chi connectivity index (χ1n) is 14.6. The average molecular weight is 553 g/mol. The molecule has 0 radical (unpaired) electrons. The van der Waals surface area contributed by atoms with Crippen LogP contribution in [-0.2, 0) is 19.1 Å². The number of rotatable bonds is 4. The molecule has 9 heteroatoms. The molecular weight excluding hydrogens is 508 g/mol. The van der Waals surface area contributed by atoms with Gasteiger partial charge < -0.3 is 25.6 Å². The molecule has 0 bridgehead atoms. The first-order chi connectivity index (χ1) is 19.0. The number of nitrogens with one attached hydrogen (secondary N) is 3. The van der Waals surface area contributed by atoms with Crippen molar-refractivity contribution in [1.82, 2.24) is 20.9 Å². The number of carbonyl (C=O) groups is 4. The second-order valence-corrected chi connectivity index (χ2v) is 12.3. The summed E-state index contributed by atoms with van der Waals surface area (Å²) in [4.78, 5) is 55.1. The van der Waals surface area contributed by atoms with Crippen LogP contribution in [0.4, 0.5) is 4.79 Å². The van der Waals surface area contributed by atoms with Crippen LogP contribution in [0.25, 0.3) is 0 Å². The lowest BCUT2D eigenvalue weighted by Crippen LogP contribution is -2.58. The highest BCUT2D eigenvalue weighted by molar-refractivity contribution is 5.98. The third kappa shape index (κ3) is 7.23. The zero-order valence-electron chi connectivity index (χ0n) is 24.2. The second-order valence-electron chi connectivity index (χ2n) is 12.3. The lowest BCUT2D eigenvalue weighted by Gasteiger charge is -2.31. The maximum atomic E-state index is 13.7. The van der Waals surface area contributed by atoms with Crippen molar-refractivity contribution in [3.8, 4) is 0 Å². The van der Waals surface area contributed by atoms with Gasteiger partial charge in [0.1, 0.15) is 23.2 Å². The number of hydrogen-bond donors (Lipinski definition) is 3. The fraction of sp³-hybridized carbons (Fsp3) is 0.613. The van der Waals surface area contributed by atoms with E-state index in [1.165, 1.54) is 0 Å². The highest BCUT2D eigenvalue weighted by Crippen LogP contribution is 2.46. The fourth-order valence-corrected chi connectivity index (χ4v) is 5.69. The van der Waals surface area contributed by atoms with Crippen LogP contribution in [0.2, 0.25) is 0 Å². The Labute approximate surface area is 237 Å². The Balaban J connectivity index is 1.53. The van der Waals surface area contributed by atoms with Gasteiger partial charge in [-0.2, -0.15) is 0 Å². The molecule has 4 rings (SSSR count). The van der Waals surface area contributed by atoms with Gasteiger partial charge in [0.15, 0.2) is 0 Å². The van der Waals surface area contributed by atoms with Gasteiger partial charge in [0.25, 0.3) is 0 Å². The molecule has 4 amide bonds. The van der Waals surface area contributed by atoms with E-state index in [0.717, 1.165) is 31.2 Å². The summed E-state index contributed by atoms with van der Waals surface area (Å²) in [5.74, 6) is -0.914. The van der Waals surface area contributed by atoms with Crippen LogP contribution in [0.15, 0.2) is 42.5 Å². The normalized spacial score (nSPS) is 29.0. The molecule has 3 N–H and O–H groups in total. The minimum absolute atomic E-state index is 0.100. The van der Waals surface area contributed by atoms with Crippen LogP contribution in [0.3, 0.4) is 0 Å². The minimum Gasteiger partial charge on any atom is -0.444 e.